The molecule has 0 amide bonds. The number of nitro benzene ring substituents is 1. The minimum atomic E-state index is -0.543. The fraction of sp³-hybridized carbons (Fsp3) is 0.0833. The number of pyridine rings is 1. The Morgan fingerprint density at radius 2 is 1.75 bits per heavy atom. The molecule has 0 atom stereocenters. The Morgan fingerprint density at radius 1 is 1.03 bits per heavy atom. The predicted molar refractivity (Wildman–Crippen MR) is 126 cm³/mol. The van der Waals surface area contributed by atoms with Crippen molar-refractivity contribution >= 4 is 40.0 Å². The number of benzene rings is 3. The highest BCUT2D eigenvalue weighted by atomic mass is 35.5. The maximum atomic E-state index is 13.2. The van der Waals surface area contributed by atoms with Gasteiger partial charge in [-0.3, -0.25) is 19.9 Å². The van der Waals surface area contributed by atoms with E-state index >= 15 is 0 Å². The van der Waals surface area contributed by atoms with Crippen molar-refractivity contribution in [2.45, 2.75) is 13.8 Å². The van der Waals surface area contributed by atoms with Crippen molar-refractivity contribution in [2.75, 3.05) is 0 Å². The molecular formula is C24H18ClN3O4. The molecule has 3 aromatic carbocycles. The molecular weight excluding hydrogens is 430 g/mol. The van der Waals surface area contributed by atoms with E-state index in [0.29, 0.717) is 27.7 Å². The first-order valence-electron chi connectivity index (χ1n) is 9.70. The number of halogens is 1. The molecule has 0 saturated carbocycles. The molecule has 0 aliphatic heterocycles. The van der Waals surface area contributed by atoms with Crippen LogP contribution in [0.15, 0.2) is 70.5 Å². The maximum Gasteiger partial charge on any atom is 0.271 e. The van der Waals surface area contributed by atoms with Gasteiger partial charge in [-0.1, -0.05) is 35.9 Å². The molecule has 0 bridgehead atoms. The van der Waals surface area contributed by atoms with Gasteiger partial charge in [-0.25, -0.2) is 4.57 Å². The lowest BCUT2D eigenvalue weighted by atomic mass is 10.1. The first kappa shape index (κ1) is 21.3. The van der Waals surface area contributed by atoms with E-state index in [4.69, 9.17) is 11.6 Å². The summed E-state index contributed by atoms with van der Waals surface area (Å²) in [5.74, 6) is -0.265. The van der Waals surface area contributed by atoms with E-state index in [1.807, 2.05) is 26.0 Å². The normalized spacial score (nSPS) is 11.3. The molecule has 7 nitrogen and oxygen atoms in total. The summed E-state index contributed by atoms with van der Waals surface area (Å²) in [6, 6.07) is 16.3. The minimum Gasteiger partial charge on any atom is -0.494 e. The van der Waals surface area contributed by atoms with Crippen LogP contribution in [0.3, 0.4) is 0 Å². The molecule has 32 heavy (non-hydrogen) atoms. The third kappa shape index (κ3) is 3.74. The Bertz CT molecular complexity index is 1470. The van der Waals surface area contributed by atoms with Gasteiger partial charge < -0.3 is 5.11 Å². The highest BCUT2D eigenvalue weighted by Crippen LogP contribution is 2.31. The first-order chi connectivity index (χ1) is 15.3. The molecule has 4 aromatic rings. The van der Waals surface area contributed by atoms with Gasteiger partial charge in [0, 0.05) is 29.1 Å². The zero-order valence-corrected chi connectivity index (χ0v) is 18.0. The number of nitro groups is 1. The van der Waals surface area contributed by atoms with E-state index in [-0.39, 0.29) is 22.1 Å². The Labute approximate surface area is 188 Å². The molecule has 0 aliphatic rings. The van der Waals surface area contributed by atoms with Crippen LogP contribution in [-0.2, 0) is 0 Å². The number of non-ortho nitro benzene ring substituents is 1. The smallest absolute Gasteiger partial charge is 0.271 e. The van der Waals surface area contributed by atoms with Crippen molar-refractivity contribution in [1.29, 1.82) is 0 Å². The first-order valence-corrected chi connectivity index (χ1v) is 10.1. The van der Waals surface area contributed by atoms with Crippen LogP contribution >= 0.6 is 11.6 Å². The number of aromatic nitrogens is 1. The van der Waals surface area contributed by atoms with Gasteiger partial charge in [-0.05, 0) is 49.2 Å². The van der Waals surface area contributed by atoms with Crippen LogP contribution < -0.4 is 5.56 Å². The quantitative estimate of drug-likeness (QED) is 0.249. The standard InChI is InChI=1S/C24H18ClN3O4/c1-14-7-8-16(11-15(14)2)27-23(29)19-6-4-3-5-18(19)20(24(27)30)13-26-22-10-9-17(28(31)32)12-21(22)25/h3-13,30H,1-2H3. The van der Waals surface area contributed by atoms with E-state index in [1.54, 1.807) is 30.3 Å². The predicted octanol–water partition coefficient (Wildman–Crippen LogP) is 5.63. The second kappa shape index (κ2) is 8.28. The lowest BCUT2D eigenvalue weighted by Crippen LogP contribution is -2.20. The van der Waals surface area contributed by atoms with Crippen molar-refractivity contribution in [2.24, 2.45) is 4.99 Å². The van der Waals surface area contributed by atoms with E-state index in [9.17, 15) is 20.0 Å². The molecule has 0 saturated heterocycles. The number of hydrogen-bond donors (Lipinski definition) is 1. The SMILES string of the molecule is Cc1ccc(-n2c(O)c(C=Nc3ccc([N+](=O)[O-])cc3Cl)c3ccccc3c2=O)cc1C. The average molecular weight is 448 g/mol. The average Bonchev–Trinajstić information content (AvgIpc) is 2.77. The van der Waals surface area contributed by atoms with Gasteiger partial charge in [0.1, 0.15) is 0 Å². The summed E-state index contributed by atoms with van der Waals surface area (Å²) in [5.41, 5.74) is 2.70. The third-order valence-electron chi connectivity index (χ3n) is 5.33. The van der Waals surface area contributed by atoms with Crippen molar-refractivity contribution in [3.05, 3.63) is 103 Å². The number of nitrogens with zero attached hydrogens (tertiary/aromatic N) is 3. The summed E-state index contributed by atoms with van der Waals surface area (Å²) in [6.07, 6.45) is 1.40. The minimum absolute atomic E-state index is 0.0988. The molecule has 1 aromatic heterocycles. The Morgan fingerprint density at radius 3 is 2.41 bits per heavy atom. The van der Waals surface area contributed by atoms with Crippen LogP contribution in [0.4, 0.5) is 11.4 Å². The molecule has 0 radical (unpaired) electrons. The van der Waals surface area contributed by atoms with Gasteiger partial charge in [0.25, 0.3) is 11.2 Å². The number of aliphatic imine (C=N–C) groups is 1. The van der Waals surface area contributed by atoms with Crippen LogP contribution in [0, 0.1) is 24.0 Å². The van der Waals surface area contributed by atoms with E-state index in [2.05, 4.69) is 4.99 Å². The fourth-order valence-corrected chi connectivity index (χ4v) is 3.67. The maximum absolute atomic E-state index is 13.2. The van der Waals surface area contributed by atoms with Crippen molar-refractivity contribution < 1.29 is 10.0 Å². The molecule has 8 heteroatoms. The molecule has 4 rings (SSSR count). The summed E-state index contributed by atoms with van der Waals surface area (Å²) in [5, 5.41) is 23.1. The summed E-state index contributed by atoms with van der Waals surface area (Å²) in [7, 11) is 0. The van der Waals surface area contributed by atoms with Crippen molar-refractivity contribution in [3.8, 4) is 11.6 Å². The highest BCUT2D eigenvalue weighted by molar-refractivity contribution is 6.33. The molecule has 1 N–H and O–H groups in total. The number of fused-ring (bicyclic) bond motifs is 1. The Hall–Kier alpha value is -3.97. The topological polar surface area (TPSA) is 97.7 Å². The molecule has 0 fully saturated rings. The molecule has 0 unspecified atom stereocenters. The largest absolute Gasteiger partial charge is 0.494 e. The summed E-state index contributed by atoms with van der Waals surface area (Å²) in [4.78, 5) is 27.9. The van der Waals surface area contributed by atoms with Gasteiger partial charge in [0.15, 0.2) is 0 Å². The monoisotopic (exact) mass is 447 g/mol. The number of hydrogen-bond acceptors (Lipinski definition) is 5. The molecule has 160 valence electrons. The van der Waals surface area contributed by atoms with Crippen molar-refractivity contribution in [1.82, 2.24) is 4.57 Å². The lowest BCUT2D eigenvalue weighted by Gasteiger charge is -2.15. The summed E-state index contributed by atoms with van der Waals surface area (Å²) in [6.45, 7) is 3.90. The number of aromatic hydroxyl groups is 1. The molecule has 0 aliphatic carbocycles. The third-order valence-corrected chi connectivity index (χ3v) is 5.63. The van der Waals surface area contributed by atoms with Gasteiger partial charge in [0.2, 0.25) is 5.88 Å². The summed E-state index contributed by atoms with van der Waals surface area (Å²) < 4.78 is 1.24. The van der Waals surface area contributed by atoms with Gasteiger partial charge in [-0.15, -0.1) is 0 Å². The second-order valence-corrected chi connectivity index (χ2v) is 7.75. The fourth-order valence-electron chi connectivity index (χ4n) is 3.44. The van der Waals surface area contributed by atoms with E-state index in [0.717, 1.165) is 11.1 Å². The van der Waals surface area contributed by atoms with Gasteiger partial charge >= 0.3 is 0 Å². The van der Waals surface area contributed by atoms with E-state index < -0.39 is 4.92 Å². The molecule has 1 heterocycles. The zero-order chi connectivity index (χ0) is 23.0. The van der Waals surface area contributed by atoms with Crippen LogP contribution in [0.2, 0.25) is 5.02 Å². The lowest BCUT2D eigenvalue weighted by molar-refractivity contribution is -0.384. The van der Waals surface area contributed by atoms with E-state index in [1.165, 1.54) is 29.0 Å². The van der Waals surface area contributed by atoms with Gasteiger partial charge in [-0.2, -0.15) is 0 Å². The van der Waals surface area contributed by atoms with Gasteiger partial charge in [0.05, 0.1) is 26.9 Å². The van der Waals surface area contributed by atoms with Crippen LogP contribution in [0.1, 0.15) is 16.7 Å². The van der Waals surface area contributed by atoms with Crippen LogP contribution in [0.25, 0.3) is 16.5 Å². The van der Waals surface area contributed by atoms with Crippen molar-refractivity contribution in [3.63, 3.8) is 0 Å². The number of aryl methyl sites for hydroxylation is 2. The highest BCUT2D eigenvalue weighted by Gasteiger charge is 2.17. The Kier molecular flexibility index (Phi) is 5.50. The zero-order valence-electron chi connectivity index (χ0n) is 17.2. The van der Waals surface area contributed by atoms with Crippen LogP contribution in [-0.4, -0.2) is 20.8 Å². The molecule has 0 spiro atoms. The Balaban J connectivity index is 1.93. The number of rotatable bonds is 4. The van der Waals surface area contributed by atoms with Crippen LogP contribution in [0.5, 0.6) is 5.88 Å². The second-order valence-electron chi connectivity index (χ2n) is 7.34. The summed E-state index contributed by atoms with van der Waals surface area (Å²) >= 11 is 6.15.